The second-order valence-corrected chi connectivity index (χ2v) is 9.44. The fourth-order valence-electron chi connectivity index (χ4n) is 4.35. The topological polar surface area (TPSA) is 68.7 Å². The van der Waals surface area contributed by atoms with Crippen molar-refractivity contribution in [1.29, 1.82) is 0 Å². The number of hydrogen-bond acceptors (Lipinski definition) is 5. The molecule has 0 aliphatic carbocycles. The van der Waals surface area contributed by atoms with Crippen LogP contribution in [-0.2, 0) is 0 Å². The van der Waals surface area contributed by atoms with Gasteiger partial charge in [-0.05, 0) is 86.2 Å². The summed E-state index contributed by atoms with van der Waals surface area (Å²) in [6, 6.07) is 8.13. The summed E-state index contributed by atoms with van der Waals surface area (Å²) in [6.45, 7) is 9.01. The standard InChI is InChI=1S/C22H28BrN5O/c1-22(2,3)27-10-8-14(9-11-27)17-18(23)20-21(24)25-13-26-28(20)19(17)15-6-5-7-16(12-15)29-4/h5-7,12-14H,8-11H2,1-4H3,(H2,24,25,26). The number of piperidine rings is 1. The number of anilines is 1. The third kappa shape index (κ3) is 3.62. The second-order valence-electron chi connectivity index (χ2n) is 8.65. The summed E-state index contributed by atoms with van der Waals surface area (Å²) in [5.74, 6) is 1.73. The van der Waals surface area contributed by atoms with E-state index in [0.717, 1.165) is 52.9 Å². The van der Waals surface area contributed by atoms with Crippen LogP contribution in [0, 0.1) is 0 Å². The molecule has 2 aromatic heterocycles. The molecule has 2 N–H and O–H groups in total. The summed E-state index contributed by atoms with van der Waals surface area (Å²) in [7, 11) is 1.69. The number of rotatable bonds is 3. The van der Waals surface area contributed by atoms with Gasteiger partial charge in [0.1, 0.15) is 17.6 Å². The van der Waals surface area contributed by atoms with Crippen LogP contribution < -0.4 is 10.5 Å². The van der Waals surface area contributed by atoms with Crippen LogP contribution in [0.1, 0.15) is 45.1 Å². The molecule has 4 rings (SSSR count). The molecule has 0 saturated carbocycles. The Balaban J connectivity index is 1.85. The molecule has 1 fully saturated rings. The highest BCUT2D eigenvalue weighted by molar-refractivity contribution is 9.10. The van der Waals surface area contributed by atoms with Crippen molar-refractivity contribution in [3.63, 3.8) is 0 Å². The quantitative estimate of drug-likeness (QED) is 0.615. The van der Waals surface area contributed by atoms with Crippen LogP contribution in [-0.4, -0.2) is 45.2 Å². The van der Waals surface area contributed by atoms with E-state index < -0.39 is 0 Å². The highest BCUT2D eigenvalue weighted by atomic mass is 79.9. The zero-order chi connectivity index (χ0) is 20.8. The average molecular weight is 458 g/mol. The smallest absolute Gasteiger partial charge is 0.152 e. The number of hydrogen-bond donors (Lipinski definition) is 1. The van der Waals surface area contributed by atoms with E-state index in [2.05, 4.69) is 63.8 Å². The Morgan fingerprint density at radius 2 is 1.93 bits per heavy atom. The Hall–Kier alpha value is -2.12. The first-order valence-corrected chi connectivity index (χ1v) is 10.8. The van der Waals surface area contributed by atoms with Crippen molar-refractivity contribution in [3.05, 3.63) is 40.6 Å². The molecule has 1 aliphatic heterocycles. The molecule has 0 radical (unpaired) electrons. The predicted octanol–water partition coefficient (Wildman–Crippen LogP) is 4.73. The van der Waals surface area contributed by atoms with Gasteiger partial charge in [0, 0.05) is 11.1 Å². The van der Waals surface area contributed by atoms with Crippen LogP contribution in [0.4, 0.5) is 5.82 Å². The summed E-state index contributed by atoms with van der Waals surface area (Å²) >= 11 is 3.85. The molecule has 29 heavy (non-hydrogen) atoms. The number of halogens is 1. The van der Waals surface area contributed by atoms with Crippen molar-refractivity contribution < 1.29 is 4.74 Å². The molecule has 3 aromatic rings. The molecular weight excluding hydrogens is 430 g/mol. The first-order chi connectivity index (χ1) is 13.8. The van der Waals surface area contributed by atoms with Gasteiger partial charge in [-0.1, -0.05) is 12.1 Å². The van der Waals surface area contributed by atoms with E-state index in [-0.39, 0.29) is 5.54 Å². The van der Waals surface area contributed by atoms with Gasteiger partial charge >= 0.3 is 0 Å². The van der Waals surface area contributed by atoms with Crippen molar-refractivity contribution in [2.45, 2.75) is 45.1 Å². The number of benzene rings is 1. The van der Waals surface area contributed by atoms with E-state index in [1.165, 1.54) is 11.9 Å². The molecule has 0 amide bonds. The summed E-state index contributed by atoms with van der Waals surface area (Å²) in [5.41, 5.74) is 10.7. The van der Waals surface area contributed by atoms with Gasteiger partial charge in [0.25, 0.3) is 0 Å². The third-order valence-corrected chi connectivity index (χ3v) is 6.73. The van der Waals surface area contributed by atoms with Crippen molar-refractivity contribution in [2.24, 2.45) is 0 Å². The minimum atomic E-state index is 0.194. The maximum atomic E-state index is 6.25. The van der Waals surface area contributed by atoms with Gasteiger partial charge in [-0.15, -0.1) is 0 Å². The third-order valence-electron chi connectivity index (χ3n) is 5.92. The molecule has 3 heterocycles. The molecule has 1 saturated heterocycles. The van der Waals surface area contributed by atoms with Crippen LogP contribution in [0.15, 0.2) is 35.1 Å². The maximum absolute atomic E-state index is 6.25. The molecule has 0 atom stereocenters. The van der Waals surface area contributed by atoms with Crippen molar-refractivity contribution in [2.75, 3.05) is 25.9 Å². The Labute approximate surface area is 180 Å². The van der Waals surface area contributed by atoms with Crippen LogP contribution in [0.25, 0.3) is 16.8 Å². The molecule has 7 heteroatoms. The van der Waals surface area contributed by atoms with E-state index in [1.807, 2.05) is 16.6 Å². The lowest BCUT2D eigenvalue weighted by atomic mass is 9.86. The van der Waals surface area contributed by atoms with Crippen LogP contribution >= 0.6 is 15.9 Å². The van der Waals surface area contributed by atoms with E-state index in [9.17, 15) is 0 Å². The lowest BCUT2D eigenvalue weighted by molar-refractivity contribution is 0.102. The minimum Gasteiger partial charge on any atom is -0.497 e. The Morgan fingerprint density at radius 1 is 1.21 bits per heavy atom. The van der Waals surface area contributed by atoms with Gasteiger partial charge in [-0.2, -0.15) is 5.10 Å². The number of nitrogen functional groups attached to an aromatic ring is 1. The number of nitrogens with zero attached hydrogens (tertiary/aromatic N) is 4. The molecule has 1 aromatic carbocycles. The lowest BCUT2D eigenvalue weighted by Crippen LogP contribution is -2.45. The van der Waals surface area contributed by atoms with Gasteiger partial charge in [0.2, 0.25) is 0 Å². The zero-order valence-corrected chi connectivity index (χ0v) is 19.0. The predicted molar refractivity (Wildman–Crippen MR) is 120 cm³/mol. The number of ether oxygens (including phenoxy) is 1. The summed E-state index contributed by atoms with van der Waals surface area (Å²) in [4.78, 5) is 6.78. The lowest BCUT2D eigenvalue weighted by Gasteiger charge is -2.41. The fourth-order valence-corrected chi connectivity index (χ4v) is 5.23. The molecular formula is C22H28BrN5O. The van der Waals surface area contributed by atoms with Gasteiger partial charge in [-0.25, -0.2) is 9.50 Å². The minimum absolute atomic E-state index is 0.194. The molecule has 6 nitrogen and oxygen atoms in total. The normalized spacial score (nSPS) is 16.4. The van der Waals surface area contributed by atoms with E-state index in [0.29, 0.717) is 11.7 Å². The maximum Gasteiger partial charge on any atom is 0.152 e. The van der Waals surface area contributed by atoms with Crippen molar-refractivity contribution >= 4 is 27.3 Å². The molecule has 1 aliphatic rings. The van der Waals surface area contributed by atoms with Gasteiger partial charge < -0.3 is 10.5 Å². The van der Waals surface area contributed by atoms with Gasteiger partial charge in [0.05, 0.1) is 17.3 Å². The largest absolute Gasteiger partial charge is 0.497 e. The average Bonchev–Trinajstić information content (AvgIpc) is 3.01. The SMILES string of the molecule is COc1cccc(-c2c(C3CCN(C(C)(C)C)CC3)c(Br)c3c(N)ncnn23)c1. The molecule has 0 bridgehead atoms. The van der Waals surface area contributed by atoms with Crippen LogP contribution in [0.2, 0.25) is 0 Å². The Bertz CT molecular complexity index is 1030. The van der Waals surface area contributed by atoms with Gasteiger partial charge in [0.15, 0.2) is 5.82 Å². The fraction of sp³-hybridized carbons (Fsp3) is 0.455. The number of nitrogens with two attached hydrogens (primary N) is 1. The summed E-state index contributed by atoms with van der Waals surface area (Å²) in [6.07, 6.45) is 3.71. The number of likely N-dealkylation sites (tertiary alicyclic amines) is 1. The van der Waals surface area contributed by atoms with Gasteiger partial charge in [-0.3, -0.25) is 4.90 Å². The van der Waals surface area contributed by atoms with Crippen molar-refractivity contribution in [1.82, 2.24) is 19.5 Å². The molecule has 0 unspecified atom stereocenters. The summed E-state index contributed by atoms with van der Waals surface area (Å²) in [5, 5.41) is 4.55. The Kier molecular flexibility index (Phi) is 5.29. The summed E-state index contributed by atoms with van der Waals surface area (Å²) < 4.78 is 8.40. The van der Waals surface area contributed by atoms with E-state index in [1.54, 1.807) is 7.11 Å². The van der Waals surface area contributed by atoms with Crippen molar-refractivity contribution in [3.8, 4) is 17.0 Å². The number of aromatic nitrogens is 3. The zero-order valence-electron chi connectivity index (χ0n) is 17.4. The molecule has 154 valence electrons. The Morgan fingerprint density at radius 3 is 2.59 bits per heavy atom. The first-order valence-electron chi connectivity index (χ1n) is 10.0. The molecule has 0 spiro atoms. The highest BCUT2D eigenvalue weighted by Crippen LogP contribution is 2.45. The van der Waals surface area contributed by atoms with E-state index in [4.69, 9.17) is 10.5 Å². The first kappa shape index (κ1) is 20.2. The van der Waals surface area contributed by atoms with Crippen LogP contribution in [0.5, 0.6) is 5.75 Å². The highest BCUT2D eigenvalue weighted by Gasteiger charge is 2.32. The van der Waals surface area contributed by atoms with E-state index >= 15 is 0 Å². The second kappa shape index (κ2) is 7.61. The van der Waals surface area contributed by atoms with Crippen LogP contribution in [0.3, 0.4) is 0 Å². The number of fused-ring (bicyclic) bond motifs is 1. The number of methoxy groups -OCH3 is 1. The monoisotopic (exact) mass is 457 g/mol.